The summed E-state index contributed by atoms with van der Waals surface area (Å²) in [6.45, 7) is 7.99. The summed E-state index contributed by atoms with van der Waals surface area (Å²) in [6, 6.07) is 11.9. The number of alkyl halides is 3. The van der Waals surface area contributed by atoms with E-state index in [0.717, 1.165) is 33.0 Å². The Morgan fingerprint density at radius 3 is 2.06 bits per heavy atom. The van der Waals surface area contributed by atoms with Gasteiger partial charge in [-0.15, -0.1) is 0 Å². The third-order valence-corrected chi connectivity index (χ3v) is 5.01. The summed E-state index contributed by atoms with van der Waals surface area (Å²) in [4.78, 5) is 19.2. The van der Waals surface area contributed by atoms with Crippen molar-refractivity contribution in [3.63, 3.8) is 0 Å². The monoisotopic (exact) mass is 492 g/mol. The Morgan fingerprint density at radius 1 is 0.914 bits per heavy atom. The first-order valence-electron chi connectivity index (χ1n) is 10.0. The summed E-state index contributed by atoms with van der Waals surface area (Å²) in [5.74, 6) is -0.176. The minimum absolute atomic E-state index is 0.0319. The zero-order valence-corrected chi connectivity index (χ0v) is 19.4. The van der Waals surface area contributed by atoms with Crippen LogP contribution in [0.5, 0.6) is 0 Å². The fourth-order valence-corrected chi connectivity index (χ4v) is 3.22. The molecular weight excluding hydrogens is 466 g/mol. The number of fused-ring (bicyclic) bond motifs is 1. The lowest BCUT2D eigenvalue weighted by Gasteiger charge is -2.14. The van der Waals surface area contributed by atoms with Crippen LogP contribution in [0.3, 0.4) is 0 Å². The molecule has 10 heteroatoms. The highest BCUT2D eigenvalue weighted by Gasteiger charge is 2.33. The SMILES string of the molecule is C=O.C=O.CNc1ccc(-c2cc[n+](O)cc2)cc1C(F)(F)F.Cc1[nH]c2ccc(F)cc2c1C. The summed E-state index contributed by atoms with van der Waals surface area (Å²) in [5.41, 5.74) is 3.59. The summed E-state index contributed by atoms with van der Waals surface area (Å²) >= 11 is 0. The van der Waals surface area contributed by atoms with Crippen LogP contribution in [-0.2, 0) is 15.8 Å². The quantitative estimate of drug-likeness (QED) is 0.196. The fraction of sp³-hybridized carbons (Fsp3) is 0.160. The van der Waals surface area contributed by atoms with Gasteiger partial charge >= 0.3 is 6.18 Å². The maximum absolute atomic E-state index is 12.9. The minimum atomic E-state index is -4.42. The highest BCUT2D eigenvalue weighted by Crippen LogP contribution is 2.37. The van der Waals surface area contributed by atoms with Crippen molar-refractivity contribution in [3.05, 3.63) is 83.6 Å². The van der Waals surface area contributed by atoms with Crippen molar-refractivity contribution in [2.45, 2.75) is 20.0 Å². The minimum Gasteiger partial charge on any atom is -0.388 e. The van der Waals surface area contributed by atoms with Gasteiger partial charge in [0.2, 0.25) is 12.4 Å². The van der Waals surface area contributed by atoms with Crippen LogP contribution in [0, 0.1) is 19.7 Å². The average Bonchev–Trinajstić information content (AvgIpc) is 3.14. The van der Waals surface area contributed by atoms with Crippen molar-refractivity contribution in [1.82, 2.24) is 4.98 Å². The number of aromatic nitrogens is 2. The lowest BCUT2D eigenvalue weighted by Crippen LogP contribution is -2.27. The molecule has 0 spiro atoms. The maximum atomic E-state index is 12.9. The van der Waals surface area contributed by atoms with E-state index in [9.17, 15) is 17.6 Å². The van der Waals surface area contributed by atoms with Crippen LogP contribution in [0.25, 0.3) is 22.0 Å². The van der Waals surface area contributed by atoms with E-state index in [1.165, 1.54) is 43.7 Å². The number of carbonyl (C=O) groups is 2. The average molecular weight is 492 g/mol. The Labute approximate surface area is 199 Å². The molecule has 0 aliphatic heterocycles. The van der Waals surface area contributed by atoms with Gasteiger partial charge < -0.3 is 19.9 Å². The summed E-state index contributed by atoms with van der Waals surface area (Å²) in [6.07, 6.45) is -1.71. The largest absolute Gasteiger partial charge is 0.418 e. The molecule has 0 aliphatic carbocycles. The van der Waals surface area contributed by atoms with E-state index in [1.54, 1.807) is 18.2 Å². The smallest absolute Gasteiger partial charge is 0.388 e. The number of nitrogens with zero attached hydrogens (tertiary/aromatic N) is 1. The summed E-state index contributed by atoms with van der Waals surface area (Å²) in [5, 5.41) is 12.6. The zero-order chi connectivity index (χ0) is 26.8. The molecule has 0 saturated heterocycles. The molecule has 2 aromatic heterocycles. The van der Waals surface area contributed by atoms with Crippen LogP contribution in [-0.4, -0.2) is 30.8 Å². The molecule has 0 saturated carbocycles. The molecular formula is C25H26F4N3O3+. The number of halogens is 4. The van der Waals surface area contributed by atoms with E-state index in [2.05, 4.69) is 10.3 Å². The van der Waals surface area contributed by atoms with Gasteiger partial charge in [0.1, 0.15) is 19.4 Å². The van der Waals surface area contributed by atoms with Gasteiger partial charge in [-0.05, 0) is 60.9 Å². The topological polar surface area (TPSA) is 86.1 Å². The Kier molecular flexibility index (Phi) is 10.6. The van der Waals surface area contributed by atoms with Crippen LogP contribution < -0.4 is 10.0 Å². The van der Waals surface area contributed by atoms with E-state index in [1.807, 2.05) is 27.4 Å². The zero-order valence-electron chi connectivity index (χ0n) is 19.4. The van der Waals surface area contributed by atoms with Crippen LogP contribution in [0.1, 0.15) is 16.8 Å². The lowest BCUT2D eigenvalue weighted by atomic mass is 10.0. The maximum Gasteiger partial charge on any atom is 0.418 e. The lowest BCUT2D eigenvalue weighted by molar-refractivity contribution is -0.904. The Morgan fingerprint density at radius 2 is 1.51 bits per heavy atom. The molecule has 0 aliphatic rings. The predicted octanol–water partition coefficient (Wildman–Crippen LogP) is 5.49. The number of nitrogens with one attached hydrogen (secondary N) is 2. The molecule has 3 N–H and O–H groups in total. The second-order valence-corrected chi connectivity index (χ2v) is 7.04. The van der Waals surface area contributed by atoms with Crippen LogP contribution >= 0.6 is 0 Å². The van der Waals surface area contributed by atoms with E-state index >= 15 is 0 Å². The van der Waals surface area contributed by atoms with Gasteiger partial charge in [-0.3, -0.25) is 5.21 Å². The summed E-state index contributed by atoms with van der Waals surface area (Å²) in [7, 11) is 1.45. The molecule has 6 nitrogen and oxygen atoms in total. The van der Waals surface area contributed by atoms with Crippen molar-refractivity contribution in [1.29, 1.82) is 0 Å². The van der Waals surface area contributed by atoms with Crippen LogP contribution in [0.15, 0.2) is 60.9 Å². The normalized spacial score (nSPS) is 10.1. The van der Waals surface area contributed by atoms with Gasteiger partial charge in [-0.2, -0.15) is 13.2 Å². The van der Waals surface area contributed by atoms with Gasteiger partial charge in [0.15, 0.2) is 0 Å². The molecule has 0 atom stereocenters. The highest BCUT2D eigenvalue weighted by atomic mass is 19.4. The van der Waals surface area contributed by atoms with Crippen molar-refractivity contribution in [2.24, 2.45) is 0 Å². The Balaban J connectivity index is 0.000000328. The molecule has 0 unspecified atom stereocenters. The predicted molar refractivity (Wildman–Crippen MR) is 126 cm³/mol. The van der Waals surface area contributed by atoms with Gasteiger partial charge in [0.05, 0.1) is 5.56 Å². The van der Waals surface area contributed by atoms with E-state index in [4.69, 9.17) is 14.8 Å². The number of H-pyrrole nitrogens is 1. The van der Waals surface area contributed by atoms with E-state index < -0.39 is 11.7 Å². The van der Waals surface area contributed by atoms with Gasteiger partial charge in [-0.25, -0.2) is 4.39 Å². The number of aryl methyl sites for hydroxylation is 2. The number of pyridine rings is 1. The molecule has 35 heavy (non-hydrogen) atoms. The Bertz CT molecular complexity index is 1240. The molecule has 0 bridgehead atoms. The fourth-order valence-electron chi connectivity index (χ4n) is 3.22. The number of carbonyl (C=O) groups excluding carboxylic acids is 2. The third-order valence-electron chi connectivity index (χ3n) is 5.01. The standard InChI is InChI=1S/C13H11F3N2O.C10H10FN.2CH2O/c1-17-12-3-2-10(8-11(12)13(14,15)16)9-4-6-18(19)7-5-9;1-6-7(2)12-10-4-3-8(11)5-9(6)10;2*1-2/h2-8,19H,1H3;3-5,12H,1-2H3;2*1H2/p+1. The second-order valence-electron chi connectivity index (χ2n) is 7.04. The van der Waals surface area contributed by atoms with Crippen LogP contribution in [0.4, 0.5) is 23.2 Å². The van der Waals surface area contributed by atoms with Crippen molar-refractivity contribution < 1.29 is 37.1 Å². The molecule has 0 fully saturated rings. The van der Waals surface area contributed by atoms with Gasteiger partial charge in [0.25, 0.3) is 0 Å². The number of rotatable bonds is 2. The second kappa shape index (κ2) is 12.9. The number of hydrogen-bond donors (Lipinski definition) is 3. The first-order chi connectivity index (χ1) is 16.6. The van der Waals surface area contributed by atoms with Crippen molar-refractivity contribution in [2.75, 3.05) is 12.4 Å². The molecule has 4 aromatic rings. The molecule has 2 aromatic carbocycles. The highest BCUT2D eigenvalue weighted by molar-refractivity contribution is 5.84. The van der Waals surface area contributed by atoms with Crippen LogP contribution in [0.2, 0.25) is 0 Å². The molecule has 4 rings (SSSR count). The van der Waals surface area contributed by atoms with Gasteiger partial charge in [0, 0.05) is 46.2 Å². The number of anilines is 1. The number of hydrogen-bond acceptors (Lipinski definition) is 4. The van der Waals surface area contributed by atoms with Gasteiger partial charge in [-0.1, -0.05) is 6.07 Å². The number of benzene rings is 2. The molecule has 0 amide bonds. The Hall–Kier alpha value is -4.21. The van der Waals surface area contributed by atoms with E-state index in [-0.39, 0.29) is 11.5 Å². The summed E-state index contributed by atoms with van der Waals surface area (Å²) < 4.78 is 52.4. The molecule has 2 heterocycles. The number of aromatic amines is 1. The van der Waals surface area contributed by atoms with Crippen molar-refractivity contribution >= 4 is 30.2 Å². The third kappa shape index (κ3) is 7.39. The first-order valence-corrected chi connectivity index (χ1v) is 10.0. The van der Waals surface area contributed by atoms with E-state index in [0.29, 0.717) is 11.1 Å². The molecule has 0 radical (unpaired) electrons. The molecule has 186 valence electrons. The first kappa shape index (κ1) is 28.8. The van der Waals surface area contributed by atoms with Crippen molar-refractivity contribution in [3.8, 4) is 11.1 Å².